The lowest BCUT2D eigenvalue weighted by Crippen LogP contribution is -2.12. The highest BCUT2D eigenvalue weighted by Crippen LogP contribution is 2.22. The van der Waals surface area contributed by atoms with Crippen molar-refractivity contribution in [1.29, 1.82) is 0 Å². The molecule has 2 aromatic rings. The third kappa shape index (κ3) is 2.59. The van der Waals surface area contributed by atoms with Crippen LogP contribution in [0.4, 0.5) is 0 Å². The summed E-state index contributed by atoms with van der Waals surface area (Å²) in [5.74, 6) is 0. The van der Waals surface area contributed by atoms with Crippen LogP contribution in [0, 0.1) is 0 Å². The van der Waals surface area contributed by atoms with Gasteiger partial charge in [0.05, 0.1) is 11.9 Å². The van der Waals surface area contributed by atoms with Crippen LogP contribution in [-0.2, 0) is 6.54 Å². The Hall–Kier alpha value is -1.68. The van der Waals surface area contributed by atoms with Gasteiger partial charge in [-0.1, -0.05) is 30.3 Å². The summed E-state index contributed by atoms with van der Waals surface area (Å²) >= 11 is 0. The van der Waals surface area contributed by atoms with E-state index in [1.54, 1.807) is 0 Å². The Labute approximate surface area is 108 Å². The van der Waals surface area contributed by atoms with E-state index in [9.17, 15) is 0 Å². The molecule has 1 aromatic heterocycles. The molecular weight excluding hydrogens is 224 g/mol. The average Bonchev–Trinajstić information content (AvgIpc) is 2.87. The van der Waals surface area contributed by atoms with E-state index in [-0.39, 0.29) is 0 Å². The Morgan fingerprint density at radius 1 is 1.39 bits per heavy atom. The first-order chi connectivity index (χ1) is 8.76. The third-order valence-corrected chi connectivity index (χ3v) is 3.17. The second kappa shape index (κ2) is 5.78. The maximum atomic E-state index is 4.13. The number of nitrogens with zero attached hydrogens (tertiary/aromatic N) is 3. The largest absolute Gasteiger partial charge is 0.313 e. The molecule has 18 heavy (non-hydrogen) atoms. The summed E-state index contributed by atoms with van der Waals surface area (Å²) < 4.78 is 1.96. The second-order valence-corrected chi connectivity index (χ2v) is 4.48. The zero-order valence-electron chi connectivity index (χ0n) is 11.2. The van der Waals surface area contributed by atoms with Crippen molar-refractivity contribution in [2.24, 2.45) is 0 Å². The Morgan fingerprint density at radius 2 is 2.22 bits per heavy atom. The fourth-order valence-electron chi connectivity index (χ4n) is 1.99. The van der Waals surface area contributed by atoms with Crippen molar-refractivity contribution in [3.05, 3.63) is 36.0 Å². The van der Waals surface area contributed by atoms with Gasteiger partial charge in [0.2, 0.25) is 0 Å². The van der Waals surface area contributed by atoms with Gasteiger partial charge in [0, 0.05) is 18.2 Å². The predicted octanol–water partition coefficient (Wildman–Crippen LogP) is 2.64. The smallest absolute Gasteiger partial charge is 0.0885 e. The summed E-state index contributed by atoms with van der Waals surface area (Å²) in [5, 5.41) is 11.4. The first kappa shape index (κ1) is 12.8. The molecule has 0 saturated carbocycles. The number of aryl methyl sites for hydroxylation is 1. The van der Waals surface area contributed by atoms with Crippen LogP contribution in [0.1, 0.15) is 31.9 Å². The number of nitrogens with one attached hydrogen (secondary N) is 1. The number of benzene rings is 1. The molecule has 0 aliphatic heterocycles. The Kier molecular flexibility index (Phi) is 4.10. The quantitative estimate of drug-likeness (QED) is 0.879. The van der Waals surface area contributed by atoms with Gasteiger partial charge in [-0.2, -0.15) is 0 Å². The minimum Gasteiger partial charge on any atom is -0.313 e. The van der Waals surface area contributed by atoms with E-state index in [0.717, 1.165) is 18.7 Å². The molecule has 0 amide bonds. The molecular formula is C14H20N4. The van der Waals surface area contributed by atoms with Crippen LogP contribution in [0.15, 0.2) is 30.5 Å². The van der Waals surface area contributed by atoms with Crippen LogP contribution in [-0.4, -0.2) is 22.0 Å². The maximum absolute atomic E-state index is 4.13. The van der Waals surface area contributed by atoms with Crippen LogP contribution in [0.2, 0.25) is 0 Å². The van der Waals surface area contributed by atoms with Gasteiger partial charge < -0.3 is 5.32 Å². The molecule has 96 valence electrons. The molecule has 1 atom stereocenters. The van der Waals surface area contributed by atoms with E-state index in [4.69, 9.17) is 0 Å². The Morgan fingerprint density at radius 3 is 2.94 bits per heavy atom. The lowest BCUT2D eigenvalue weighted by atomic mass is 10.0. The van der Waals surface area contributed by atoms with Crippen LogP contribution in [0.5, 0.6) is 0 Å². The monoisotopic (exact) mass is 244 g/mol. The van der Waals surface area contributed by atoms with Gasteiger partial charge in [-0.3, -0.25) is 0 Å². The summed E-state index contributed by atoms with van der Waals surface area (Å²) in [7, 11) is 1.97. The van der Waals surface area contributed by atoms with E-state index in [1.807, 2.05) is 17.9 Å². The Bertz CT molecular complexity index is 504. The minimum atomic E-state index is 0.348. The van der Waals surface area contributed by atoms with Gasteiger partial charge in [-0.05, 0) is 32.0 Å². The van der Waals surface area contributed by atoms with Gasteiger partial charge >= 0.3 is 0 Å². The molecule has 0 spiro atoms. The lowest BCUT2D eigenvalue weighted by molar-refractivity contribution is 0.584. The van der Waals surface area contributed by atoms with E-state index in [0.29, 0.717) is 6.04 Å². The summed E-state index contributed by atoms with van der Waals surface area (Å²) in [4.78, 5) is 0. The average molecular weight is 244 g/mol. The van der Waals surface area contributed by atoms with Gasteiger partial charge in [0.15, 0.2) is 0 Å². The fourth-order valence-corrected chi connectivity index (χ4v) is 1.99. The van der Waals surface area contributed by atoms with Crippen molar-refractivity contribution in [3.63, 3.8) is 0 Å². The minimum absolute atomic E-state index is 0.348. The molecule has 2 rings (SSSR count). The SMILES string of the molecule is CCCn1nncc1-c1cccc(C(C)NC)c1. The van der Waals surface area contributed by atoms with Crippen molar-refractivity contribution in [2.75, 3.05) is 7.05 Å². The second-order valence-electron chi connectivity index (χ2n) is 4.48. The molecule has 0 saturated heterocycles. The molecule has 0 aliphatic carbocycles. The normalized spacial score (nSPS) is 12.6. The van der Waals surface area contributed by atoms with Crippen molar-refractivity contribution in [2.45, 2.75) is 32.9 Å². The zero-order valence-corrected chi connectivity index (χ0v) is 11.2. The summed E-state index contributed by atoms with van der Waals surface area (Å²) in [6.07, 6.45) is 2.89. The predicted molar refractivity (Wildman–Crippen MR) is 73.2 cm³/mol. The summed E-state index contributed by atoms with van der Waals surface area (Å²) in [6, 6.07) is 8.88. The zero-order chi connectivity index (χ0) is 13.0. The number of hydrogen-bond donors (Lipinski definition) is 1. The van der Waals surface area contributed by atoms with Crippen LogP contribution in [0.25, 0.3) is 11.3 Å². The maximum Gasteiger partial charge on any atom is 0.0885 e. The molecule has 1 N–H and O–H groups in total. The standard InChI is InChI=1S/C14H20N4/c1-4-8-18-14(10-16-17-18)13-7-5-6-12(9-13)11(2)15-3/h5-7,9-11,15H,4,8H2,1-3H3. The summed E-state index contributed by atoms with van der Waals surface area (Å²) in [6.45, 7) is 5.20. The number of hydrogen-bond acceptors (Lipinski definition) is 3. The third-order valence-electron chi connectivity index (χ3n) is 3.17. The first-order valence-electron chi connectivity index (χ1n) is 6.42. The van der Waals surface area contributed by atoms with Gasteiger partial charge in [0.25, 0.3) is 0 Å². The molecule has 4 nitrogen and oxygen atoms in total. The molecule has 0 bridgehead atoms. The van der Waals surface area contributed by atoms with Crippen molar-refractivity contribution >= 4 is 0 Å². The highest BCUT2D eigenvalue weighted by atomic mass is 15.4. The molecule has 1 unspecified atom stereocenters. The van der Waals surface area contributed by atoms with Gasteiger partial charge in [0.1, 0.15) is 0 Å². The van der Waals surface area contributed by atoms with Crippen LogP contribution < -0.4 is 5.32 Å². The topological polar surface area (TPSA) is 42.7 Å². The highest BCUT2D eigenvalue weighted by Gasteiger charge is 2.08. The first-order valence-corrected chi connectivity index (χ1v) is 6.42. The van der Waals surface area contributed by atoms with Crippen molar-refractivity contribution in [1.82, 2.24) is 20.3 Å². The molecule has 0 radical (unpaired) electrons. The number of aromatic nitrogens is 3. The lowest BCUT2D eigenvalue weighted by Gasteiger charge is -2.12. The van der Waals surface area contributed by atoms with E-state index >= 15 is 0 Å². The van der Waals surface area contributed by atoms with Crippen molar-refractivity contribution < 1.29 is 0 Å². The van der Waals surface area contributed by atoms with Crippen molar-refractivity contribution in [3.8, 4) is 11.3 Å². The fraction of sp³-hybridized carbons (Fsp3) is 0.429. The van der Waals surface area contributed by atoms with Gasteiger partial charge in [-0.15, -0.1) is 5.10 Å². The van der Waals surface area contributed by atoms with Crippen LogP contribution >= 0.6 is 0 Å². The molecule has 1 aromatic carbocycles. The summed E-state index contributed by atoms with van der Waals surface area (Å²) in [5.41, 5.74) is 3.54. The van der Waals surface area contributed by atoms with Crippen LogP contribution in [0.3, 0.4) is 0 Å². The Balaban J connectivity index is 2.35. The molecule has 4 heteroatoms. The molecule has 1 heterocycles. The van der Waals surface area contributed by atoms with Gasteiger partial charge in [-0.25, -0.2) is 4.68 Å². The van der Waals surface area contributed by atoms with E-state index in [2.05, 4.69) is 53.7 Å². The molecule has 0 aliphatic rings. The van der Waals surface area contributed by atoms with E-state index in [1.165, 1.54) is 11.1 Å². The molecule has 0 fully saturated rings. The number of rotatable bonds is 5. The van der Waals surface area contributed by atoms with E-state index < -0.39 is 0 Å². The highest BCUT2D eigenvalue weighted by molar-refractivity contribution is 5.59.